The predicted molar refractivity (Wildman–Crippen MR) is 200 cm³/mol. The lowest BCUT2D eigenvalue weighted by atomic mass is 9.71. The number of aliphatic hydroxyl groups is 1. The number of allylic oxidation sites excluding steroid dienone is 13. The van der Waals surface area contributed by atoms with Crippen LogP contribution in [-0.2, 0) is 0 Å². The highest BCUT2D eigenvalue weighted by Crippen LogP contribution is 2.56. The zero-order valence-corrected chi connectivity index (χ0v) is 28.8. The molecule has 1 N–H and O–H groups in total. The summed E-state index contributed by atoms with van der Waals surface area (Å²) in [6.45, 7) is 13.1. The lowest BCUT2D eigenvalue weighted by molar-refractivity contribution is 0.116. The molecular formula is C43H50OP+. The van der Waals surface area contributed by atoms with Crippen molar-refractivity contribution < 1.29 is 5.11 Å². The largest absolute Gasteiger partial charge is 0.393 e. The zero-order valence-electron chi connectivity index (χ0n) is 27.9. The van der Waals surface area contributed by atoms with Crippen LogP contribution in [0, 0.1) is 5.41 Å². The molecule has 0 aliphatic heterocycles. The minimum Gasteiger partial charge on any atom is -0.393 e. The van der Waals surface area contributed by atoms with E-state index < -0.39 is 7.26 Å². The number of aliphatic hydroxyl groups excluding tert-OH is 1. The van der Waals surface area contributed by atoms with Gasteiger partial charge in [0.1, 0.15) is 23.2 Å². The van der Waals surface area contributed by atoms with Crippen molar-refractivity contribution in [3.05, 3.63) is 174 Å². The SMILES string of the molecule is CC1=C(/C=C/C(C)=C/C=C/C(C)=C/C=C/C=C(\C)C[P+](c2ccccc2)(c2ccccc2)c2ccccc2)C(C)(C)C[C@H](O)C1. The van der Waals surface area contributed by atoms with Gasteiger partial charge >= 0.3 is 0 Å². The smallest absolute Gasteiger partial charge is 0.116 e. The second kappa shape index (κ2) is 16.0. The highest BCUT2D eigenvalue weighted by Gasteiger charge is 2.45. The highest BCUT2D eigenvalue weighted by molar-refractivity contribution is 7.95. The maximum Gasteiger partial charge on any atom is 0.116 e. The Morgan fingerprint density at radius 2 is 1.18 bits per heavy atom. The van der Waals surface area contributed by atoms with Crippen molar-refractivity contribution in [3.8, 4) is 0 Å². The average Bonchev–Trinajstić information content (AvgIpc) is 3.02. The van der Waals surface area contributed by atoms with Gasteiger partial charge in [-0.2, -0.15) is 0 Å². The van der Waals surface area contributed by atoms with E-state index in [4.69, 9.17) is 0 Å². The molecule has 0 aromatic heterocycles. The van der Waals surface area contributed by atoms with Crippen molar-refractivity contribution in [2.24, 2.45) is 5.41 Å². The number of benzene rings is 3. The molecule has 0 heterocycles. The molecule has 45 heavy (non-hydrogen) atoms. The summed E-state index contributed by atoms with van der Waals surface area (Å²) in [4.78, 5) is 0. The van der Waals surface area contributed by atoms with E-state index in [9.17, 15) is 5.11 Å². The Morgan fingerprint density at radius 3 is 1.69 bits per heavy atom. The Kier molecular flexibility index (Phi) is 12.1. The molecular weight excluding hydrogens is 563 g/mol. The minimum atomic E-state index is -1.88. The van der Waals surface area contributed by atoms with E-state index in [1.807, 2.05) is 0 Å². The van der Waals surface area contributed by atoms with Gasteiger partial charge < -0.3 is 5.11 Å². The predicted octanol–water partition coefficient (Wildman–Crippen LogP) is 9.99. The van der Waals surface area contributed by atoms with Gasteiger partial charge in [0.25, 0.3) is 0 Å². The molecule has 0 spiro atoms. The minimum absolute atomic E-state index is 0.000709. The van der Waals surface area contributed by atoms with Gasteiger partial charge in [-0.3, -0.25) is 0 Å². The third kappa shape index (κ3) is 9.13. The number of hydrogen-bond acceptors (Lipinski definition) is 1. The first-order chi connectivity index (χ1) is 21.6. The van der Waals surface area contributed by atoms with Crippen LogP contribution in [0.15, 0.2) is 174 Å². The summed E-state index contributed by atoms with van der Waals surface area (Å²) >= 11 is 0. The monoisotopic (exact) mass is 613 g/mol. The normalized spacial score (nSPS) is 18.5. The van der Waals surface area contributed by atoms with Crippen LogP contribution in [0.3, 0.4) is 0 Å². The Morgan fingerprint density at radius 1 is 0.711 bits per heavy atom. The molecule has 4 rings (SSSR count). The fraction of sp³-hybridized carbons (Fsp3) is 0.256. The topological polar surface area (TPSA) is 20.2 Å². The first kappa shape index (κ1) is 34.1. The van der Waals surface area contributed by atoms with E-state index in [0.717, 1.165) is 19.0 Å². The van der Waals surface area contributed by atoms with Gasteiger partial charge in [-0.25, -0.2) is 0 Å². The van der Waals surface area contributed by atoms with Crippen LogP contribution >= 0.6 is 7.26 Å². The van der Waals surface area contributed by atoms with Crippen LogP contribution in [0.5, 0.6) is 0 Å². The van der Waals surface area contributed by atoms with E-state index in [0.29, 0.717) is 0 Å². The molecule has 2 heteroatoms. The quantitative estimate of drug-likeness (QED) is 0.169. The average molecular weight is 614 g/mol. The van der Waals surface area contributed by atoms with Crippen LogP contribution in [-0.4, -0.2) is 17.4 Å². The Hall–Kier alpha value is -3.77. The van der Waals surface area contributed by atoms with Crippen molar-refractivity contribution in [3.63, 3.8) is 0 Å². The summed E-state index contributed by atoms with van der Waals surface area (Å²) in [6, 6.07) is 33.2. The van der Waals surface area contributed by atoms with Gasteiger partial charge in [0, 0.05) is 0 Å². The lowest BCUT2D eigenvalue weighted by Gasteiger charge is -2.35. The second-order valence-electron chi connectivity index (χ2n) is 13.0. The van der Waals surface area contributed by atoms with Crippen molar-refractivity contribution in [2.75, 3.05) is 6.16 Å². The Balaban J connectivity index is 1.48. The Labute approximate surface area is 273 Å². The zero-order chi connectivity index (χ0) is 32.3. The van der Waals surface area contributed by atoms with E-state index in [2.05, 4.69) is 187 Å². The summed E-state index contributed by atoms with van der Waals surface area (Å²) in [5, 5.41) is 14.4. The van der Waals surface area contributed by atoms with E-state index in [-0.39, 0.29) is 11.5 Å². The summed E-state index contributed by atoms with van der Waals surface area (Å²) in [5.41, 5.74) is 6.42. The summed E-state index contributed by atoms with van der Waals surface area (Å²) in [6.07, 6.45) is 22.0. The number of rotatable bonds is 11. The van der Waals surface area contributed by atoms with Crippen molar-refractivity contribution in [1.29, 1.82) is 0 Å². The van der Waals surface area contributed by atoms with Gasteiger partial charge in [0.2, 0.25) is 0 Å². The lowest BCUT2D eigenvalue weighted by Crippen LogP contribution is -2.33. The molecule has 3 aromatic rings. The van der Waals surface area contributed by atoms with Crippen molar-refractivity contribution in [1.82, 2.24) is 0 Å². The molecule has 0 fully saturated rings. The maximum absolute atomic E-state index is 10.2. The Bertz CT molecular complexity index is 1520. The first-order valence-electron chi connectivity index (χ1n) is 16.1. The summed E-state index contributed by atoms with van der Waals surface area (Å²) < 4.78 is 0. The second-order valence-corrected chi connectivity index (χ2v) is 16.5. The van der Waals surface area contributed by atoms with Crippen LogP contribution in [0.2, 0.25) is 0 Å². The molecule has 0 unspecified atom stereocenters. The molecule has 0 bridgehead atoms. The standard InChI is InChI=1S/C43H50OP/c1-34(21-18-22-35(2)29-30-42-37(4)31-38(44)32-43(42,5)6)19-16-17-20-36(3)33-45(39-23-10-7-11-24-39,40-25-12-8-13-26-40)41-27-14-9-15-28-41/h7-30,38,44H,31-33H2,1-6H3/q+1/b17-16+,21-18+,30-29+,34-19+,35-22+,36-20+/t38-/m1/s1. The molecule has 0 radical (unpaired) electrons. The van der Waals surface area contributed by atoms with Gasteiger partial charge in [-0.05, 0) is 93.5 Å². The van der Waals surface area contributed by atoms with E-state index >= 15 is 0 Å². The van der Waals surface area contributed by atoms with Crippen LogP contribution in [0.25, 0.3) is 0 Å². The maximum atomic E-state index is 10.2. The summed E-state index contributed by atoms with van der Waals surface area (Å²) in [5.74, 6) is 0. The van der Waals surface area contributed by atoms with Gasteiger partial charge in [-0.15, -0.1) is 0 Å². The molecule has 0 amide bonds. The molecule has 1 nitrogen and oxygen atoms in total. The fourth-order valence-corrected chi connectivity index (χ4v) is 10.8. The first-order valence-corrected chi connectivity index (χ1v) is 18.1. The van der Waals surface area contributed by atoms with Crippen LogP contribution in [0.4, 0.5) is 0 Å². The van der Waals surface area contributed by atoms with E-state index in [1.54, 1.807) is 0 Å². The third-order valence-corrected chi connectivity index (χ3v) is 13.1. The fourth-order valence-electron chi connectivity index (χ4n) is 6.48. The molecule has 3 aromatic carbocycles. The van der Waals surface area contributed by atoms with Gasteiger partial charge in [-0.1, -0.05) is 140 Å². The highest BCUT2D eigenvalue weighted by atomic mass is 31.2. The molecule has 1 aliphatic carbocycles. The van der Waals surface area contributed by atoms with Gasteiger partial charge in [0.05, 0.1) is 12.3 Å². The van der Waals surface area contributed by atoms with Crippen molar-refractivity contribution in [2.45, 2.75) is 60.5 Å². The number of hydrogen-bond donors (Lipinski definition) is 1. The summed E-state index contributed by atoms with van der Waals surface area (Å²) in [7, 11) is -1.88. The molecule has 1 atom stereocenters. The molecule has 1 aliphatic rings. The van der Waals surface area contributed by atoms with Gasteiger partial charge in [0.15, 0.2) is 0 Å². The molecule has 0 saturated heterocycles. The van der Waals surface area contributed by atoms with Crippen molar-refractivity contribution >= 4 is 23.2 Å². The third-order valence-electron chi connectivity index (χ3n) is 8.64. The molecule has 232 valence electrons. The van der Waals surface area contributed by atoms with E-state index in [1.165, 1.54) is 43.8 Å². The van der Waals surface area contributed by atoms with Crippen LogP contribution < -0.4 is 15.9 Å². The molecule has 0 saturated carbocycles. The van der Waals surface area contributed by atoms with Crippen LogP contribution in [0.1, 0.15) is 54.4 Å².